The van der Waals surface area contributed by atoms with Crippen LogP contribution >= 0.6 is 11.6 Å². The van der Waals surface area contributed by atoms with Gasteiger partial charge in [-0.15, -0.1) is 0 Å². The molecule has 1 fully saturated rings. The minimum atomic E-state index is -3.02. The third kappa shape index (κ3) is 3.89. The molecule has 21 heavy (non-hydrogen) atoms. The number of sulfone groups is 1. The Kier molecular flexibility index (Phi) is 4.78. The first-order valence-electron chi connectivity index (χ1n) is 6.68. The summed E-state index contributed by atoms with van der Waals surface area (Å²) in [5.74, 6) is 0.341. The second-order valence-corrected chi connectivity index (χ2v) is 7.83. The fraction of sp³-hybridized carbons (Fsp3) is 0.500. The minimum Gasteiger partial charge on any atom is -0.479 e. The zero-order chi connectivity index (χ0) is 15.6. The van der Waals surface area contributed by atoms with E-state index >= 15 is 0 Å². The Morgan fingerprint density at radius 3 is 2.67 bits per heavy atom. The quantitative estimate of drug-likeness (QED) is 0.843. The Morgan fingerprint density at radius 1 is 1.43 bits per heavy atom. The maximum Gasteiger partial charge on any atom is 0.263 e. The van der Waals surface area contributed by atoms with E-state index in [-0.39, 0.29) is 23.5 Å². The van der Waals surface area contributed by atoms with Gasteiger partial charge in [0, 0.05) is 13.1 Å². The first-order chi connectivity index (χ1) is 9.80. The van der Waals surface area contributed by atoms with E-state index in [0.29, 0.717) is 17.2 Å². The number of likely N-dealkylation sites (N-methyl/N-ethyl adjacent to an activating group) is 1. The first-order valence-corrected chi connectivity index (χ1v) is 8.88. The van der Waals surface area contributed by atoms with Crippen LogP contribution < -0.4 is 4.74 Å². The smallest absolute Gasteiger partial charge is 0.263 e. The molecule has 0 aliphatic carbocycles. The van der Waals surface area contributed by atoms with Crippen molar-refractivity contribution in [3.8, 4) is 5.75 Å². The predicted molar refractivity (Wildman–Crippen MR) is 81.4 cm³/mol. The van der Waals surface area contributed by atoms with Crippen LogP contribution in [0.2, 0.25) is 5.02 Å². The number of amides is 1. The summed E-state index contributed by atoms with van der Waals surface area (Å²) in [6.07, 6.45) is -0.248. The van der Waals surface area contributed by atoms with Crippen LogP contribution in [0.1, 0.15) is 13.3 Å². The lowest BCUT2D eigenvalue weighted by Crippen LogP contribution is -2.44. The van der Waals surface area contributed by atoms with E-state index in [9.17, 15) is 13.2 Å². The van der Waals surface area contributed by atoms with Gasteiger partial charge in [-0.2, -0.15) is 0 Å². The SMILES string of the molecule is C[C@H](Oc1ccccc1Cl)C(=O)N(C)[C@@H]1CCS(=O)(=O)C1. The molecule has 0 spiro atoms. The minimum absolute atomic E-state index is 0.0219. The van der Waals surface area contributed by atoms with Crippen molar-refractivity contribution in [1.82, 2.24) is 4.90 Å². The number of benzene rings is 1. The van der Waals surface area contributed by atoms with Gasteiger partial charge in [0.1, 0.15) is 5.75 Å². The molecule has 0 N–H and O–H groups in total. The van der Waals surface area contributed by atoms with Crippen molar-refractivity contribution in [2.24, 2.45) is 0 Å². The number of rotatable bonds is 4. The van der Waals surface area contributed by atoms with Crippen LogP contribution in [0.5, 0.6) is 5.75 Å². The lowest BCUT2D eigenvalue weighted by molar-refractivity contribution is -0.138. The highest BCUT2D eigenvalue weighted by Crippen LogP contribution is 2.25. The van der Waals surface area contributed by atoms with Crippen molar-refractivity contribution in [1.29, 1.82) is 0 Å². The second kappa shape index (κ2) is 6.23. The molecule has 0 bridgehead atoms. The van der Waals surface area contributed by atoms with Gasteiger partial charge >= 0.3 is 0 Å². The largest absolute Gasteiger partial charge is 0.479 e. The molecule has 0 aromatic heterocycles. The van der Waals surface area contributed by atoms with Gasteiger partial charge in [0.15, 0.2) is 15.9 Å². The zero-order valence-corrected chi connectivity index (χ0v) is 13.5. The number of nitrogens with zero attached hydrogens (tertiary/aromatic N) is 1. The van der Waals surface area contributed by atoms with Gasteiger partial charge < -0.3 is 9.64 Å². The Morgan fingerprint density at radius 2 is 2.10 bits per heavy atom. The highest BCUT2D eigenvalue weighted by Gasteiger charge is 2.34. The van der Waals surface area contributed by atoms with Gasteiger partial charge in [0.25, 0.3) is 5.91 Å². The van der Waals surface area contributed by atoms with Crippen LogP contribution in [0.4, 0.5) is 0 Å². The van der Waals surface area contributed by atoms with Crippen molar-refractivity contribution in [2.45, 2.75) is 25.5 Å². The molecule has 2 rings (SSSR count). The summed E-state index contributed by atoms with van der Waals surface area (Å²) in [5.41, 5.74) is 0. The van der Waals surface area contributed by atoms with Crippen LogP contribution in [-0.2, 0) is 14.6 Å². The fourth-order valence-electron chi connectivity index (χ4n) is 2.33. The van der Waals surface area contributed by atoms with Crippen molar-refractivity contribution < 1.29 is 17.9 Å². The van der Waals surface area contributed by atoms with E-state index in [1.807, 2.05) is 0 Å². The summed E-state index contributed by atoms with van der Waals surface area (Å²) in [7, 11) is -1.41. The van der Waals surface area contributed by atoms with Crippen LogP contribution in [-0.4, -0.2) is 49.9 Å². The normalized spacial score (nSPS) is 21.8. The molecule has 116 valence electrons. The summed E-state index contributed by atoms with van der Waals surface area (Å²) in [6.45, 7) is 1.63. The zero-order valence-electron chi connectivity index (χ0n) is 12.0. The van der Waals surface area contributed by atoms with Crippen LogP contribution in [0.3, 0.4) is 0 Å². The molecule has 5 nitrogen and oxygen atoms in total. The molecule has 0 unspecified atom stereocenters. The predicted octanol–water partition coefficient (Wildman–Crippen LogP) is 1.75. The molecular formula is C14H18ClNO4S. The molecule has 1 saturated heterocycles. The molecule has 7 heteroatoms. The number of ether oxygens (including phenoxy) is 1. The summed E-state index contributed by atoms with van der Waals surface area (Å²) in [5, 5.41) is 0.434. The van der Waals surface area contributed by atoms with Crippen LogP contribution in [0, 0.1) is 0 Å². The highest BCUT2D eigenvalue weighted by molar-refractivity contribution is 7.91. The van der Waals surface area contributed by atoms with Crippen molar-refractivity contribution in [3.05, 3.63) is 29.3 Å². The lowest BCUT2D eigenvalue weighted by Gasteiger charge is -2.26. The van der Waals surface area contributed by atoms with E-state index in [1.165, 1.54) is 4.90 Å². The molecule has 0 radical (unpaired) electrons. The third-order valence-corrected chi connectivity index (χ3v) is 5.65. The molecule has 1 amide bonds. The molecule has 1 aromatic carbocycles. The highest BCUT2D eigenvalue weighted by atomic mass is 35.5. The average molecular weight is 332 g/mol. The van der Waals surface area contributed by atoms with Crippen molar-refractivity contribution in [3.63, 3.8) is 0 Å². The molecule has 1 heterocycles. The third-order valence-electron chi connectivity index (χ3n) is 3.59. The number of carbonyl (C=O) groups is 1. The average Bonchev–Trinajstić information content (AvgIpc) is 2.80. The van der Waals surface area contributed by atoms with E-state index in [2.05, 4.69) is 0 Å². The van der Waals surface area contributed by atoms with Gasteiger partial charge in [-0.1, -0.05) is 23.7 Å². The summed E-state index contributed by atoms with van der Waals surface area (Å²) in [4.78, 5) is 13.8. The number of hydrogen-bond donors (Lipinski definition) is 0. The Hall–Kier alpha value is -1.27. The molecule has 1 aliphatic rings. The summed E-state index contributed by atoms with van der Waals surface area (Å²) < 4.78 is 28.5. The summed E-state index contributed by atoms with van der Waals surface area (Å²) in [6, 6.07) is 6.64. The van der Waals surface area contributed by atoms with Gasteiger partial charge in [-0.25, -0.2) is 8.42 Å². The second-order valence-electron chi connectivity index (χ2n) is 5.20. The Bertz CT molecular complexity index is 632. The monoisotopic (exact) mass is 331 g/mol. The maximum atomic E-state index is 12.3. The van der Waals surface area contributed by atoms with E-state index in [1.54, 1.807) is 38.2 Å². The van der Waals surface area contributed by atoms with Gasteiger partial charge in [-0.3, -0.25) is 4.79 Å². The van der Waals surface area contributed by atoms with Crippen LogP contribution in [0.25, 0.3) is 0 Å². The maximum absolute atomic E-state index is 12.3. The van der Waals surface area contributed by atoms with Crippen LogP contribution in [0.15, 0.2) is 24.3 Å². The molecule has 0 saturated carbocycles. The molecule has 1 aromatic rings. The fourth-order valence-corrected chi connectivity index (χ4v) is 4.28. The number of para-hydroxylation sites is 1. The first kappa shape index (κ1) is 16.1. The molecule has 2 atom stereocenters. The van der Waals surface area contributed by atoms with Gasteiger partial charge in [-0.05, 0) is 25.5 Å². The molecule has 1 aliphatic heterocycles. The molecular weight excluding hydrogens is 314 g/mol. The standard InChI is InChI=1S/C14H18ClNO4S/c1-10(20-13-6-4-3-5-12(13)15)14(17)16(2)11-7-8-21(18,19)9-11/h3-6,10-11H,7-9H2,1-2H3/t10-,11+/m0/s1. The topological polar surface area (TPSA) is 63.7 Å². The van der Waals surface area contributed by atoms with Crippen molar-refractivity contribution in [2.75, 3.05) is 18.6 Å². The van der Waals surface area contributed by atoms with E-state index < -0.39 is 15.9 Å². The van der Waals surface area contributed by atoms with Gasteiger partial charge in [0.2, 0.25) is 0 Å². The number of carbonyl (C=O) groups excluding carboxylic acids is 1. The van der Waals surface area contributed by atoms with E-state index in [0.717, 1.165) is 0 Å². The Labute approximate surface area is 129 Å². The summed E-state index contributed by atoms with van der Waals surface area (Å²) >= 11 is 5.99. The number of hydrogen-bond acceptors (Lipinski definition) is 4. The lowest BCUT2D eigenvalue weighted by atomic mass is 10.2. The number of halogens is 1. The van der Waals surface area contributed by atoms with Gasteiger partial charge in [0.05, 0.1) is 16.5 Å². The van der Waals surface area contributed by atoms with Crippen molar-refractivity contribution >= 4 is 27.3 Å². The van der Waals surface area contributed by atoms with E-state index in [4.69, 9.17) is 16.3 Å². The Balaban J connectivity index is 2.01.